The van der Waals surface area contributed by atoms with Crippen LogP contribution in [0.4, 0.5) is 0 Å². The van der Waals surface area contributed by atoms with Crippen LogP contribution in [0.15, 0.2) is 54.9 Å². The van der Waals surface area contributed by atoms with Gasteiger partial charge in [0, 0.05) is 41.7 Å². The summed E-state index contributed by atoms with van der Waals surface area (Å²) in [5.41, 5.74) is 6.44. The van der Waals surface area contributed by atoms with Gasteiger partial charge in [-0.25, -0.2) is 0 Å². The van der Waals surface area contributed by atoms with E-state index in [1.165, 1.54) is 0 Å². The van der Waals surface area contributed by atoms with Crippen molar-refractivity contribution < 1.29 is 4.79 Å². The summed E-state index contributed by atoms with van der Waals surface area (Å²) in [6.45, 7) is 13.6. The zero-order valence-corrected chi connectivity index (χ0v) is 23.7. The molecule has 7 heteroatoms. The second-order valence-electron chi connectivity index (χ2n) is 11.7. The van der Waals surface area contributed by atoms with E-state index in [1.807, 2.05) is 43.3 Å². The van der Waals surface area contributed by atoms with Gasteiger partial charge >= 0.3 is 0 Å². The average molecular weight is 523 g/mol. The second kappa shape index (κ2) is 10.8. The van der Waals surface area contributed by atoms with Gasteiger partial charge in [-0.1, -0.05) is 25.1 Å². The Hall–Kier alpha value is -3.76. The first-order valence-electron chi connectivity index (χ1n) is 13.9. The van der Waals surface area contributed by atoms with Gasteiger partial charge in [0.15, 0.2) is 0 Å². The minimum absolute atomic E-state index is 0.0491. The lowest BCUT2D eigenvalue weighted by Crippen LogP contribution is -2.47. The molecule has 5 rings (SSSR count). The Labute approximate surface area is 231 Å². The molecule has 2 aromatic heterocycles. The van der Waals surface area contributed by atoms with Gasteiger partial charge in [0.1, 0.15) is 5.69 Å². The molecule has 0 radical (unpaired) electrons. The van der Waals surface area contributed by atoms with E-state index in [1.54, 1.807) is 18.5 Å². The van der Waals surface area contributed by atoms with Crippen LogP contribution in [0, 0.1) is 24.2 Å². The summed E-state index contributed by atoms with van der Waals surface area (Å²) in [7, 11) is 0. The summed E-state index contributed by atoms with van der Waals surface area (Å²) in [6, 6.07) is 12.4. The second-order valence-corrected chi connectivity index (χ2v) is 11.7. The minimum Gasteiger partial charge on any atom is -0.328 e. The van der Waals surface area contributed by atoms with Gasteiger partial charge in [-0.2, -0.15) is 10.4 Å². The van der Waals surface area contributed by atoms with Gasteiger partial charge in [0.05, 0.1) is 36.5 Å². The number of aromatic nitrogens is 3. The summed E-state index contributed by atoms with van der Waals surface area (Å²) in [6.07, 6.45) is 9.65. The van der Waals surface area contributed by atoms with Gasteiger partial charge in [0.2, 0.25) is 5.91 Å². The van der Waals surface area contributed by atoms with Crippen molar-refractivity contribution in [3.63, 3.8) is 0 Å². The third-order valence-electron chi connectivity index (χ3n) is 8.10. The SMILES string of the molecule is CCN(C/C=C/C(=O)N1Cc2c(-c3ccncc3)c(-c3ccc(C)c(C#N)c3)nn2C[C@@H]1C1CC1)C(C)(C)C. The van der Waals surface area contributed by atoms with E-state index in [0.29, 0.717) is 24.6 Å². The van der Waals surface area contributed by atoms with E-state index in [0.717, 1.165) is 59.6 Å². The van der Waals surface area contributed by atoms with Gasteiger partial charge < -0.3 is 4.90 Å². The largest absolute Gasteiger partial charge is 0.328 e. The normalized spacial score (nSPS) is 17.5. The predicted molar refractivity (Wildman–Crippen MR) is 154 cm³/mol. The maximum absolute atomic E-state index is 13.7. The summed E-state index contributed by atoms with van der Waals surface area (Å²) < 4.78 is 2.10. The molecule has 0 saturated heterocycles. The van der Waals surface area contributed by atoms with Crippen LogP contribution in [0.25, 0.3) is 22.4 Å². The molecule has 1 aliphatic carbocycles. The number of fused-ring (bicyclic) bond motifs is 1. The lowest BCUT2D eigenvalue weighted by molar-refractivity contribution is -0.130. The van der Waals surface area contributed by atoms with Crippen molar-refractivity contribution in [3.8, 4) is 28.5 Å². The maximum Gasteiger partial charge on any atom is 0.246 e. The van der Waals surface area contributed by atoms with Crippen LogP contribution >= 0.6 is 0 Å². The number of pyridine rings is 1. The molecule has 39 heavy (non-hydrogen) atoms. The van der Waals surface area contributed by atoms with E-state index in [2.05, 4.69) is 53.2 Å². The van der Waals surface area contributed by atoms with Crippen molar-refractivity contribution in [2.24, 2.45) is 5.92 Å². The predicted octanol–water partition coefficient (Wildman–Crippen LogP) is 5.59. The Morgan fingerprint density at radius 1 is 1.18 bits per heavy atom. The Morgan fingerprint density at radius 2 is 1.92 bits per heavy atom. The quantitative estimate of drug-likeness (QED) is 0.378. The average Bonchev–Trinajstić information content (AvgIpc) is 3.70. The van der Waals surface area contributed by atoms with E-state index in [9.17, 15) is 10.1 Å². The zero-order chi connectivity index (χ0) is 27.7. The first-order valence-corrected chi connectivity index (χ1v) is 13.9. The zero-order valence-electron chi connectivity index (χ0n) is 23.7. The Bertz CT molecular complexity index is 1420. The van der Waals surface area contributed by atoms with Crippen molar-refractivity contribution in [3.05, 3.63) is 71.7 Å². The van der Waals surface area contributed by atoms with Gasteiger partial charge in [0.25, 0.3) is 0 Å². The van der Waals surface area contributed by atoms with Gasteiger partial charge in [-0.3, -0.25) is 19.4 Å². The van der Waals surface area contributed by atoms with Crippen molar-refractivity contribution in [2.75, 3.05) is 13.1 Å². The van der Waals surface area contributed by atoms with E-state index >= 15 is 0 Å². The van der Waals surface area contributed by atoms with Crippen LogP contribution in [0.5, 0.6) is 0 Å². The van der Waals surface area contributed by atoms with E-state index < -0.39 is 0 Å². The number of nitrogens with zero attached hydrogens (tertiary/aromatic N) is 6. The summed E-state index contributed by atoms with van der Waals surface area (Å²) in [5, 5.41) is 14.8. The minimum atomic E-state index is 0.0491. The molecule has 0 N–H and O–H groups in total. The number of rotatable bonds is 7. The lowest BCUT2D eigenvalue weighted by Gasteiger charge is -2.36. The molecule has 1 aromatic carbocycles. The third-order valence-corrected chi connectivity index (χ3v) is 8.10. The van der Waals surface area contributed by atoms with Gasteiger partial charge in [-0.15, -0.1) is 0 Å². The first-order chi connectivity index (χ1) is 18.7. The third kappa shape index (κ3) is 5.53. The fourth-order valence-corrected chi connectivity index (χ4v) is 5.66. The lowest BCUT2D eigenvalue weighted by atomic mass is 9.96. The maximum atomic E-state index is 13.7. The molecular weight excluding hydrogens is 484 g/mol. The van der Waals surface area contributed by atoms with Crippen LogP contribution in [-0.4, -0.2) is 55.1 Å². The molecule has 3 aromatic rings. The van der Waals surface area contributed by atoms with Crippen molar-refractivity contribution in [1.29, 1.82) is 5.26 Å². The number of nitriles is 1. The Morgan fingerprint density at radius 3 is 2.56 bits per heavy atom. The highest BCUT2D eigenvalue weighted by Crippen LogP contribution is 2.42. The summed E-state index contributed by atoms with van der Waals surface area (Å²) in [5.74, 6) is 0.576. The molecule has 7 nitrogen and oxygen atoms in total. The molecule has 1 saturated carbocycles. The molecule has 1 amide bonds. The van der Waals surface area contributed by atoms with Crippen molar-refractivity contribution in [2.45, 2.75) is 72.1 Å². The molecule has 0 bridgehead atoms. The highest BCUT2D eigenvalue weighted by atomic mass is 16.2. The van der Waals surface area contributed by atoms with Crippen molar-refractivity contribution in [1.82, 2.24) is 24.6 Å². The molecule has 2 aliphatic rings. The van der Waals surface area contributed by atoms with Crippen LogP contribution in [0.1, 0.15) is 57.4 Å². The number of amides is 1. The number of hydrogen-bond donors (Lipinski definition) is 0. The number of carbonyl (C=O) groups excluding carboxylic acids is 1. The first kappa shape index (κ1) is 26.8. The highest BCUT2D eigenvalue weighted by Gasteiger charge is 2.41. The Kier molecular flexibility index (Phi) is 7.42. The molecule has 202 valence electrons. The fraction of sp³-hybridized carbons (Fsp3) is 0.438. The van der Waals surface area contributed by atoms with Crippen LogP contribution in [0.3, 0.4) is 0 Å². The monoisotopic (exact) mass is 522 g/mol. The topological polar surface area (TPSA) is 78.1 Å². The number of likely N-dealkylation sites (N-methyl/N-ethyl adjacent to an activating group) is 1. The van der Waals surface area contributed by atoms with Gasteiger partial charge in [-0.05, 0) is 82.3 Å². The van der Waals surface area contributed by atoms with E-state index in [4.69, 9.17) is 5.10 Å². The number of aryl methyl sites for hydroxylation is 1. The standard InChI is InChI=1S/C32H38N6O/c1-6-36(32(3,4)5)17-7-8-29(39)37-20-28-30(24-13-15-34-16-14-24)31(25-10-9-22(2)26(18-25)19-33)35-38(28)21-27(37)23-11-12-23/h7-10,13-16,18,23,27H,6,11-12,17,20-21H2,1-5H3/b8-7+/t27-/m1/s1. The fourth-order valence-electron chi connectivity index (χ4n) is 5.66. The molecule has 1 atom stereocenters. The molecule has 0 unspecified atom stereocenters. The molecular formula is C32H38N6O. The van der Waals surface area contributed by atoms with Crippen LogP contribution < -0.4 is 0 Å². The Balaban J connectivity index is 1.53. The van der Waals surface area contributed by atoms with Crippen molar-refractivity contribution >= 4 is 5.91 Å². The summed E-state index contributed by atoms with van der Waals surface area (Å²) in [4.78, 5) is 22.3. The molecule has 1 fully saturated rings. The highest BCUT2D eigenvalue weighted by molar-refractivity contribution is 5.89. The molecule has 1 aliphatic heterocycles. The molecule has 0 spiro atoms. The van der Waals surface area contributed by atoms with E-state index in [-0.39, 0.29) is 17.5 Å². The number of carbonyl (C=O) groups is 1. The smallest absolute Gasteiger partial charge is 0.246 e. The molecule has 3 heterocycles. The van der Waals surface area contributed by atoms with Crippen LogP contribution in [-0.2, 0) is 17.9 Å². The van der Waals surface area contributed by atoms with Crippen LogP contribution in [0.2, 0.25) is 0 Å². The number of benzene rings is 1. The number of hydrogen-bond acceptors (Lipinski definition) is 5. The summed E-state index contributed by atoms with van der Waals surface area (Å²) >= 11 is 0.